The van der Waals surface area contributed by atoms with Crippen molar-refractivity contribution in [1.82, 2.24) is 19.9 Å². The molecule has 4 rings (SSSR count). The van der Waals surface area contributed by atoms with Crippen LogP contribution < -0.4 is 11.1 Å². The summed E-state index contributed by atoms with van der Waals surface area (Å²) >= 11 is 0. The number of hydrogen-bond acceptors (Lipinski definition) is 6. The third-order valence-electron chi connectivity index (χ3n) is 5.82. The van der Waals surface area contributed by atoms with Gasteiger partial charge in [0.1, 0.15) is 16.9 Å². The number of carbonyl (C=O) groups is 2. The number of rotatable bonds is 9. The average molecular weight is 474 g/mol. The molecule has 0 atom stereocenters. The maximum Gasteiger partial charge on any atom is 0.338 e. The van der Waals surface area contributed by atoms with Crippen molar-refractivity contribution in [2.24, 2.45) is 5.92 Å². The first-order valence-corrected chi connectivity index (χ1v) is 12.0. The second kappa shape index (κ2) is 10.5. The van der Waals surface area contributed by atoms with Gasteiger partial charge < -0.3 is 15.8 Å². The highest BCUT2D eigenvalue weighted by Gasteiger charge is 2.25. The van der Waals surface area contributed by atoms with E-state index in [4.69, 9.17) is 20.4 Å². The predicted molar refractivity (Wildman–Crippen MR) is 138 cm³/mol. The first-order valence-electron chi connectivity index (χ1n) is 12.0. The van der Waals surface area contributed by atoms with E-state index in [0.717, 1.165) is 19.3 Å². The van der Waals surface area contributed by atoms with Crippen molar-refractivity contribution in [3.63, 3.8) is 0 Å². The van der Waals surface area contributed by atoms with Crippen molar-refractivity contribution in [3.05, 3.63) is 59.7 Å². The SMILES string of the molecule is CCCCOC(=O)c1ccc(-n2c(N)c(C(=O)NCCC(C)C)c3nc4ccccc4nc32)cc1. The Kier molecular flexibility index (Phi) is 7.29. The summed E-state index contributed by atoms with van der Waals surface area (Å²) in [6.07, 6.45) is 2.63. The fourth-order valence-electron chi connectivity index (χ4n) is 3.85. The molecule has 35 heavy (non-hydrogen) atoms. The number of benzene rings is 2. The van der Waals surface area contributed by atoms with Crippen LogP contribution in [0.1, 0.15) is 60.7 Å². The number of esters is 1. The van der Waals surface area contributed by atoms with Gasteiger partial charge in [-0.2, -0.15) is 0 Å². The van der Waals surface area contributed by atoms with E-state index >= 15 is 0 Å². The van der Waals surface area contributed by atoms with Crippen molar-refractivity contribution >= 4 is 39.9 Å². The fraction of sp³-hybridized carbons (Fsp3) is 0.333. The zero-order valence-electron chi connectivity index (χ0n) is 20.4. The lowest BCUT2D eigenvalue weighted by Crippen LogP contribution is -2.26. The van der Waals surface area contributed by atoms with E-state index in [1.54, 1.807) is 28.8 Å². The minimum absolute atomic E-state index is 0.246. The van der Waals surface area contributed by atoms with Crippen LogP contribution in [0.15, 0.2) is 48.5 Å². The van der Waals surface area contributed by atoms with Crippen LogP contribution in [0.3, 0.4) is 0 Å². The topological polar surface area (TPSA) is 112 Å². The zero-order chi connectivity index (χ0) is 24.9. The van der Waals surface area contributed by atoms with Crippen LogP contribution in [0, 0.1) is 5.92 Å². The molecular formula is C27H31N5O3. The molecule has 0 saturated carbocycles. The van der Waals surface area contributed by atoms with Gasteiger partial charge in [0.25, 0.3) is 5.91 Å². The molecule has 0 unspecified atom stereocenters. The van der Waals surface area contributed by atoms with Crippen LogP contribution in [0.5, 0.6) is 0 Å². The van der Waals surface area contributed by atoms with Gasteiger partial charge in [-0.05, 0) is 55.2 Å². The molecule has 2 heterocycles. The van der Waals surface area contributed by atoms with Crippen LogP contribution in [-0.4, -0.2) is 39.6 Å². The highest BCUT2D eigenvalue weighted by molar-refractivity contribution is 6.11. The number of ether oxygens (including phenoxy) is 1. The van der Waals surface area contributed by atoms with Crippen molar-refractivity contribution in [2.45, 2.75) is 40.0 Å². The van der Waals surface area contributed by atoms with Crippen molar-refractivity contribution < 1.29 is 14.3 Å². The lowest BCUT2D eigenvalue weighted by atomic mass is 10.1. The molecule has 0 aliphatic rings. The number of unbranched alkanes of at least 4 members (excludes halogenated alkanes) is 1. The Morgan fingerprint density at radius 1 is 1.06 bits per heavy atom. The Hall–Kier alpha value is -3.94. The minimum Gasteiger partial charge on any atom is -0.462 e. The number of nitrogens with two attached hydrogens (primary N) is 1. The summed E-state index contributed by atoms with van der Waals surface area (Å²) < 4.78 is 7.01. The van der Waals surface area contributed by atoms with Crippen molar-refractivity contribution in [1.29, 1.82) is 0 Å². The molecule has 3 N–H and O–H groups in total. The smallest absolute Gasteiger partial charge is 0.338 e. The van der Waals surface area contributed by atoms with Crippen LogP contribution in [0.4, 0.5) is 5.82 Å². The Balaban J connectivity index is 1.77. The van der Waals surface area contributed by atoms with E-state index in [1.807, 2.05) is 31.2 Å². The number of nitrogen functional groups attached to an aromatic ring is 1. The molecular weight excluding hydrogens is 442 g/mol. The zero-order valence-corrected chi connectivity index (χ0v) is 20.4. The molecule has 182 valence electrons. The maximum absolute atomic E-state index is 13.2. The first kappa shape index (κ1) is 24.2. The van der Waals surface area contributed by atoms with Gasteiger partial charge in [0, 0.05) is 12.2 Å². The number of anilines is 1. The van der Waals surface area contributed by atoms with Gasteiger partial charge in [-0.25, -0.2) is 14.8 Å². The monoisotopic (exact) mass is 473 g/mol. The largest absolute Gasteiger partial charge is 0.462 e. The highest BCUT2D eigenvalue weighted by Crippen LogP contribution is 2.31. The highest BCUT2D eigenvalue weighted by atomic mass is 16.5. The summed E-state index contributed by atoms with van der Waals surface area (Å²) in [7, 11) is 0. The van der Waals surface area contributed by atoms with Crippen LogP contribution in [-0.2, 0) is 4.74 Å². The quantitative estimate of drug-likeness (QED) is 0.264. The van der Waals surface area contributed by atoms with Gasteiger partial charge in [-0.3, -0.25) is 9.36 Å². The number of carbonyl (C=O) groups excluding carboxylic acids is 2. The molecule has 0 aliphatic carbocycles. The molecule has 0 spiro atoms. The third kappa shape index (κ3) is 5.11. The third-order valence-corrected chi connectivity index (χ3v) is 5.82. The lowest BCUT2D eigenvalue weighted by molar-refractivity contribution is 0.0499. The van der Waals surface area contributed by atoms with Gasteiger partial charge in [0.05, 0.1) is 23.2 Å². The van der Waals surface area contributed by atoms with E-state index < -0.39 is 0 Å². The molecule has 0 aliphatic heterocycles. The molecule has 0 saturated heterocycles. The van der Waals surface area contributed by atoms with E-state index in [0.29, 0.717) is 58.1 Å². The average Bonchev–Trinajstić information content (AvgIpc) is 3.13. The van der Waals surface area contributed by atoms with Crippen LogP contribution in [0.25, 0.3) is 27.9 Å². The summed E-state index contributed by atoms with van der Waals surface area (Å²) in [5.41, 5.74) is 10.3. The summed E-state index contributed by atoms with van der Waals surface area (Å²) in [5.74, 6) is 0.0551. The molecule has 0 radical (unpaired) electrons. The van der Waals surface area contributed by atoms with Gasteiger partial charge in [0.15, 0.2) is 5.65 Å². The number of aromatic nitrogens is 3. The summed E-state index contributed by atoms with van der Waals surface area (Å²) in [6.45, 7) is 7.18. The van der Waals surface area contributed by atoms with Gasteiger partial charge in [-0.15, -0.1) is 0 Å². The lowest BCUT2D eigenvalue weighted by Gasteiger charge is -2.10. The van der Waals surface area contributed by atoms with Crippen molar-refractivity contribution in [3.8, 4) is 5.69 Å². The number of fused-ring (bicyclic) bond motifs is 2. The summed E-state index contributed by atoms with van der Waals surface area (Å²) in [5, 5.41) is 2.96. The van der Waals surface area contributed by atoms with Crippen molar-refractivity contribution in [2.75, 3.05) is 18.9 Å². The van der Waals surface area contributed by atoms with Crippen LogP contribution >= 0.6 is 0 Å². The molecule has 2 aromatic carbocycles. The second-order valence-electron chi connectivity index (χ2n) is 8.95. The Morgan fingerprint density at radius 3 is 2.40 bits per heavy atom. The molecule has 1 amide bonds. The molecule has 4 aromatic rings. The summed E-state index contributed by atoms with van der Waals surface area (Å²) in [6, 6.07) is 14.4. The van der Waals surface area contributed by atoms with E-state index in [-0.39, 0.29) is 17.7 Å². The molecule has 0 bridgehead atoms. The summed E-state index contributed by atoms with van der Waals surface area (Å²) in [4.78, 5) is 35.0. The molecule has 8 heteroatoms. The predicted octanol–water partition coefficient (Wildman–Crippen LogP) is 4.89. The fourth-order valence-corrected chi connectivity index (χ4v) is 3.85. The number of nitrogens with zero attached hydrogens (tertiary/aromatic N) is 3. The van der Waals surface area contributed by atoms with Crippen LogP contribution in [0.2, 0.25) is 0 Å². The Morgan fingerprint density at radius 2 is 1.74 bits per heavy atom. The molecule has 0 fully saturated rings. The van der Waals surface area contributed by atoms with E-state index in [1.165, 1.54) is 0 Å². The van der Waals surface area contributed by atoms with E-state index in [9.17, 15) is 9.59 Å². The number of amides is 1. The normalized spacial score (nSPS) is 11.3. The standard InChI is InChI=1S/C27H31N5O3/c1-4-5-16-35-27(34)18-10-12-19(13-11-18)32-24(28)22(26(33)29-15-14-17(2)3)23-25(32)31-21-9-7-6-8-20(21)30-23/h6-13,17H,4-5,14-16,28H2,1-3H3,(H,29,33). The number of hydrogen-bond donors (Lipinski definition) is 2. The van der Waals surface area contributed by atoms with E-state index in [2.05, 4.69) is 19.2 Å². The van der Waals surface area contributed by atoms with Gasteiger partial charge in [-0.1, -0.05) is 39.3 Å². The number of para-hydroxylation sites is 2. The second-order valence-corrected chi connectivity index (χ2v) is 8.95. The Bertz CT molecular complexity index is 1360. The first-order chi connectivity index (χ1) is 16.9. The molecule has 2 aromatic heterocycles. The maximum atomic E-state index is 13.2. The van der Waals surface area contributed by atoms with Gasteiger partial charge >= 0.3 is 5.97 Å². The Labute approximate surface area is 204 Å². The number of nitrogens with one attached hydrogen (secondary N) is 1. The van der Waals surface area contributed by atoms with Gasteiger partial charge in [0.2, 0.25) is 0 Å². The minimum atomic E-state index is -0.369. The molecule has 8 nitrogen and oxygen atoms in total.